The number of sulfonamides is 1. The lowest BCUT2D eigenvalue weighted by atomic mass is 10.0. The molecule has 0 saturated carbocycles. The van der Waals surface area contributed by atoms with Gasteiger partial charge < -0.3 is 10.4 Å². The first kappa shape index (κ1) is 19.8. The molecule has 2 N–H and O–H groups in total. The minimum absolute atomic E-state index is 0.0419. The Morgan fingerprint density at radius 2 is 2.18 bits per heavy atom. The fourth-order valence-corrected chi connectivity index (χ4v) is 4.69. The van der Waals surface area contributed by atoms with Gasteiger partial charge in [-0.15, -0.1) is 0 Å². The number of nitriles is 1. The first-order valence-corrected chi connectivity index (χ1v) is 10.2. The van der Waals surface area contributed by atoms with E-state index in [-0.39, 0.29) is 23.9 Å². The highest BCUT2D eigenvalue weighted by atomic mass is 32.2. The Balaban J connectivity index is 1.75. The number of rotatable bonds is 5. The molecule has 0 aliphatic carbocycles. The number of nitrogens with zero attached hydrogens (tertiary/aromatic N) is 3. The maximum Gasteiger partial charge on any atom is 0.404 e. The van der Waals surface area contributed by atoms with E-state index in [2.05, 4.69) is 16.4 Å². The van der Waals surface area contributed by atoms with Crippen LogP contribution in [-0.4, -0.2) is 48.5 Å². The van der Waals surface area contributed by atoms with Gasteiger partial charge in [-0.2, -0.15) is 9.57 Å². The van der Waals surface area contributed by atoms with Crippen molar-refractivity contribution < 1.29 is 18.3 Å². The minimum atomic E-state index is -3.68. The number of aryl methyl sites for hydroxylation is 1. The summed E-state index contributed by atoms with van der Waals surface area (Å²) >= 11 is 0. The van der Waals surface area contributed by atoms with Crippen LogP contribution in [0.1, 0.15) is 17.5 Å². The number of hydrogen-bond donors (Lipinski definition) is 2. The van der Waals surface area contributed by atoms with Gasteiger partial charge in [0.05, 0.1) is 17.3 Å². The van der Waals surface area contributed by atoms with Gasteiger partial charge >= 0.3 is 6.09 Å². The van der Waals surface area contributed by atoms with Crippen molar-refractivity contribution in [3.8, 4) is 17.3 Å². The van der Waals surface area contributed by atoms with E-state index in [4.69, 9.17) is 10.4 Å². The molecule has 0 radical (unpaired) electrons. The van der Waals surface area contributed by atoms with Gasteiger partial charge in [0, 0.05) is 31.4 Å². The van der Waals surface area contributed by atoms with E-state index in [1.165, 1.54) is 16.6 Å². The normalized spacial score (nSPS) is 17.2. The molecule has 1 fully saturated rings. The SMILES string of the molecule is Cc1cc(-c2ccc(S(=O)(=O)N3CC[C@H](CNC(=O)O)C3)cn2)ccc1C#N. The van der Waals surface area contributed by atoms with Crippen LogP contribution in [0.3, 0.4) is 0 Å². The van der Waals surface area contributed by atoms with Gasteiger partial charge in [-0.3, -0.25) is 4.98 Å². The van der Waals surface area contributed by atoms with E-state index in [0.717, 1.165) is 11.1 Å². The Kier molecular flexibility index (Phi) is 5.63. The lowest BCUT2D eigenvalue weighted by Gasteiger charge is -2.16. The molecule has 1 aliphatic rings. The van der Waals surface area contributed by atoms with Gasteiger partial charge in [0.25, 0.3) is 0 Å². The molecule has 1 amide bonds. The van der Waals surface area contributed by atoms with Gasteiger partial charge in [-0.1, -0.05) is 6.07 Å². The maximum atomic E-state index is 12.8. The first-order chi connectivity index (χ1) is 13.3. The second-order valence-corrected chi connectivity index (χ2v) is 8.66. The highest BCUT2D eigenvalue weighted by Crippen LogP contribution is 2.26. The number of hydrogen-bond acceptors (Lipinski definition) is 5. The van der Waals surface area contributed by atoms with Gasteiger partial charge in [0.15, 0.2) is 0 Å². The molecule has 1 aliphatic heterocycles. The van der Waals surface area contributed by atoms with E-state index in [0.29, 0.717) is 24.2 Å². The van der Waals surface area contributed by atoms with Crippen LogP contribution in [0.4, 0.5) is 4.79 Å². The van der Waals surface area contributed by atoms with Crippen molar-refractivity contribution in [3.05, 3.63) is 47.7 Å². The molecule has 9 heteroatoms. The third kappa shape index (κ3) is 4.13. The molecular formula is C19H20N4O4S. The fraction of sp³-hybridized carbons (Fsp3) is 0.316. The number of pyridine rings is 1. The van der Waals surface area contributed by atoms with Crippen molar-refractivity contribution in [1.82, 2.24) is 14.6 Å². The number of carboxylic acid groups (broad SMARTS) is 1. The maximum absolute atomic E-state index is 12.8. The smallest absolute Gasteiger partial charge is 0.404 e. The Labute approximate surface area is 163 Å². The van der Waals surface area contributed by atoms with Crippen molar-refractivity contribution in [1.29, 1.82) is 5.26 Å². The highest BCUT2D eigenvalue weighted by Gasteiger charge is 2.32. The summed E-state index contributed by atoms with van der Waals surface area (Å²) in [6, 6.07) is 10.6. The molecule has 1 aromatic carbocycles. The number of benzene rings is 1. The van der Waals surface area contributed by atoms with Gasteiger partial charge in [-0.05, 0) is 49.1 Å². The average molecular weight is 400 g/mol. The predicted octanol–water partition coefficient (Wildman–Crippen LogP) is 2.21. The molecule has 0 spiro atoms. The summed E-state index contributed by atoms with van der Waals surface area (Å²) in [5, 5.41) is 20.0. The van der Waals surface area contributed by atoms with Crippen molar-refractivity contribution in [2.45, 2.75) is 18.2 Å². The van der Waals surface area contributed by atoms with Gasteiger partial charge in [-0.25, -0.2) is 13.2 Å². The van der Waals surface area contributed by atoms with Crippen LogP contribution in [0, 0.1) is 24.2 Å². The Hall–Kier alpha value is -2.96. The second kappa shape index (κ2) is 7.96. The highest BCUT2D eigenvalue weighted by molar-refractivity contribution is 7.89. The molecule has 2 aromatic rings. The molecule has 1 aromatic heterocycles. The molecule has 1 atom stereocenters. The molecule has 146 valence electrons. The third-order valence-electron chi connectivity index (χ3n) is 4.81. The standard InChI is InChI=1S/C19H20N4O4S/c1-13-8-15(2-3-16(13)9-20)18-5-4-17(11-21-18)28(26,27)23-7-6-14(12-23)10-22-19(24)25/h2-5,8,11,14,22H,6-7,10,12H2,1H3,(H,24,25)/t14-/m1/s1. The third-order valence-corrected chi connectivity index (χ3v) is 6.66. The lowest BCUT2D eigenvalue weighted by Crippen LogP contribution is -2.32. The van der Waals surface area contributed by atoms with E-state index >= 15 is 0 Å². The van der Waals surface area contributed by atoms with Gasteiger partial charge in [0.1, 0.15) is 4.90 Å². The van der Waals surface area contributed by atoms with Crippen LogP contribution in [0.2, 0.25) is 0 Å². The Morgan fingerprint density at radius 1 is 1.39 bits per heavy atom. The summed E-state index contributed by atoms with van der Waals surface area (Å²) in [5.74, 6) is -0.0419. The summed E-state index contributed by atoms with van der Waals surface area (Å²) in [7, 11) is -3.68. The van der Waals surface area contributed by atoms with Crippen LogP contribution in [-0.2, 0) is 10.0 Å². The zero-order chi connectivity index (χ0) is 20.3. The molecule has 1 saturated heterocycles. The van der Waals surface area contributed by atoms with Crippen LogP contribution in [0.25, 0.3) is 11.3 Å². The number of amides is 1. The van der Waals surface area contributed by atoms with Crippen molar-refractivity contribution in [2.75, 3.05) is 19.6 Å². The number of aromatic nitrogens is 1. The molecule has 0 unspecified atom stereocenters. The van der Waals surface area contributed by atoms with E-state index in [1.807, 2.05) is 13.0 Å². The molecule has 0 bridgehead atoms. The van der Waals surface area contributed by atoms with E-state index in [9.17, 15) is 13.2 Å². The Morgan fingerprint density at radius 3 is 2.79 bits per heavy atom. The summed E-state index contributed by atoms with van der Waals surface area (Å²) < 4.78 is 27.0. The van der Waals surface area contributed by atoms with Crippen LogP contribution < -0.4 is 5.32 Å². The molecule has 28 heavy (non-hydrogen) atoms. The van der Waals surface area contributed by atoms with Crippen LogP contribution in [0.5, 0.6) is 0 Å². The molecule has 2 heterocycles. The van der Waals surface area contributed by atoms with Crippen molar-refractivity contribution in [2.24, 2.45) is 5.92 Å². The van der Waals surface area contributed by atoms with Crippen LogP contribution in [0.15, 0.2) is 41.4 Å². The quantitative estimate of drug-likeness (QED) is 0.793. The zero-order valence-corrected chi connectivity index (χ0v) is 16.1. The second-order valence-electron chi connectivity index (χ2n) is 6.72. The van der Waals surface area contributed by atoms with Crippen molar-refractivity contribution >= 4 is 16.1 Å². The Bertz CT molecular complexity index is 1030. The topological polar surface area (TPSA) is 123 Å². The number of nitrogens with one attached hydrogen (secondary N) is 1. The first-order valence-electron chi connectivity index (χ1n) is 8.75. The molecule has 8 nitrogen and oxygen atoms in total. The van der Waals surface area contributed by atoms with Crippen LogP contribution >= 0.6 is 0 Å². The summed E-state index contributed by atoms with van der Waals surface area (Å²) in [6.07, 6.45) is 0.829. The predicted molar refractivity (Wildman–Crippen MR) is 102 cm³/mol. The number of carbonyl (C=O) groups is 1. The summed E-state index contributed by atoms with van der Waals surface area (Å²) in [6.45, 7) is 2.70. The van der Waals surface area contributed by atoms with Crippen molar-refractivity contribution in [3.63, 3.8) is 0 Å². The van der Waals surface area contributed by atoms with Gasteiger partial charge in [0.2, 0.25) is 10.0 Å². The van der Waals surface area contributed by atoms with E-state index < -0.39 is 16.1 Å². The zero-order valence-electron chi connectivity index (χ0n) is 15.3. The largest absolute Gasteiger partial charge is 0.465 e. The summed E-state index contributed by atoms with van der Waals surface area (Å²) in [4.78, 5) is 15.0. The lowest BCUT2D eigenvalue weighted by molar-refractivity contribution is 0.192. The monoisotopic (exact) mass is 400 g/mol. The summed E-state index contributed by atoms with van der Waals surface area (Å²) in [5.41, 5.74) is 2.85. The molecular weight excluding hydrogens is 380 g/mol. The van der Waals surface area contributed by atoms with E-state index in [1.54, 1.807) is 18.2 Å². The fourth-order valence-electron chi connectivity index (χ4n) is 3.21. The average Bonchev–Trinajstić information content (AvgIpc) is 3.16. The molecule has 3 rings (SSSR count). The minimum Gasteiger partial charge on any atom is -0.465 e.